The summed E-state index contributed by atoms with van der Waals surface area (Å²) in [5.41, 5.74) is 3.81. The summed E-state index contributed by atoms with van der Waals surface area (Å²) in [5, 5.41) is 6.58. The first-order valence-corrected chi connectivity index (χ1v) is 12.6. The highest BCUT2D eigenvalue weighted by Crippen LogP contribution is 2.17. The minimum absolute atomic E-state index is 0.243. The lowest BCUT2D eigenvalue weighted by molar-refractivity contribution is 0.626. The number of benzene rings is 3. The molecular weight excluding hydrogens is 534 g/mol. The van der Waals surface area contributed by atoms with Gasteiger partial charge in [0.15, 0.2) is 5.82 Å². The Hall–Kier alpha value is -4.96. The molecule has 0 aliphatic rings. The third kappa shape index (κ3) is 7.12. The number of nitrogens with zero attached hydrogens (tertiary/aromatic N) is 6. The molecule has 40 heavy (non-hydrogen) atoms. The molecule has 0 amide bonds. The number of anilines is 2. The maximum Gasteiger partial charge on any atom is 0.159 e. The second-order valence-electron chi connectivity index (χ2n) is 8.55. The van der Waals surface area contributed by atoms with Gasteiger partial charge in [0.25, 0.3) is 0 Å². The molecule has 0 bridgehead atoms. The maximum atomic E-state index is 12.9. The Labute approximate surface area is 233 Å². The molecule has 8 nitrogen and oxygen atoms in total. The quantitative estimate of drug-likeness (QED) is 0.233. The van der Waals surface area contributed by atoms with Crippen LogP contribution in [-0.4, -0.2) is 29.5 Å². The maximum absolute atomic E-state index is 12.9. The van der Waals surface area contributed by atoms with Crippen LogP contribution >= 0.6 is 11.6 Å². The van der Waals surface area contributed by atoms with Gasteiger partial charge in [0.05, 0.1) is 35.8 Å². The van der Waals surface area contributed by atoms with E-state index >= 15 is 0 Å². The summed E-state index contributed by atoms with van der Waals surface area (Å²) < 4.78 is 27.5. The van der Waals surface area contributed by atoms with E-state index in [9.17, 15) is 8.78 Å². The van der Waals surface area contributed by atoms with Gasteiger partial charge in [-0.25, -0.2) is 23.7 Å². The number of imidazole rings is 1. The lowest BCUT2D eigenvalue weighted by Crippen LogP contribution is -2.05. The van der Waals surface area contributed by atoms with Crippen molar-refractivity contribution in [1.29, 1.82) is 0 Å². The lowest BCUT2D eigenvalue weighted by Gasteiger charge is -2.08. The highest BCUT2D eigenvalue weighted by Gasteiger charge is 2.06. The van der Waals surface area contributed by atoms with Gasteiger partial charge >= 0.3 is 0 Å². The van der Waals surface area contributed by atoms with Gasteiger partial charge in [-0.05, 0) is 47.5 Å². The first-order valence-electron chi connectivity index (χ1n) is 12.2. The summed E-state index contributed by atoms with van der Waals surface area (Å²) in [7, 11) is 0. The highest BCUT2D eigenvalue weighted by molar-refractivity contribution is 6.29. The molecule has 0 aliphatic carbocycles. The van der Waals surface area contributed by atoms with Crippen molar-refractivity contribution in [3.63, 3.8) is 0 Å². The summed E-state index contributed by atoms with van der Waals surface area (Å²) in [4.78, 5) is 21.1. The van der Waals surface area contributed by atoms with Crippen LogP contribution in [0.4, 0.5) is 20.4 Å². The van der Waals surface area contributed by atoms with Crippen molar-refractivity contribution < 1.29 is 8.78 Å². The van der Waals surface area contributed by atoms with Crippen molar-refractivity contribution in [2.24, 2.45) is 0 Å². The molecule has 200 valence electrons. The van der Waals surface area contributed by atoms with Gasteiger partial charge in [-0.15, -0.1) is 0 Å². The molecule has 6 aromatic rings. The third-order valence-corrected chi connectivity index (χ3v) is 5.88. The molecule has 2 N–H and O–H groups in total. The first kappa shape index (κ1) is 26.6. The number of rotatable bonds is 7. The Morgan fingerprint density at radius 1 is 0.675 bits per heavy atom. The van der Waals surface area contributed by atoms with E-state index in [1.807, 2.05) is 28.8 Å². The van der Waals surface area contributed by atoms with Crippen molar-refractivity contribution in [3.05, 3.63) is 132 Å². The summed E-state index contributed by atoms with van der Waals surface area (Å²) in [6.07, 6.45) is 8.13. The SMILES string of the molecule is Fc1ccc(CNc2cncc(-n3cnc4ccccc43)n2)cc1.Fc1ccc(CNc2cncc(Cl)n2)cc1. The molecule has 0 spiro atoms. The van der Waals surface area contributed by atoms with Gasteiger partial charge in [0.1, 0.15) is 34.8 Å². The zero-order valence-electron chi connectivity index (χ0n) is 21.0. The van der Waals surface area contributed by atoms with Crippen LogP contribution in [0.5, 0.6) is 0 Å². The molecule has 0 saturated carbocycles. The fraction of sp³-hybridized carbons (Fsp3) is 0.0690. The second kappa shape index (κ2) is 12.7. The van der Waals surface area contributed by atoms with E-state index in [1.165, 1.54) is 30.5 Å². The standard InChI is InChI=1S/C18H14FN5.C11H9ClFN3/c19-14-7-5-13(6-8-14)9-21-17-10-20-11-18(23-17)24-12-22-15-3-1-2-4-16(15)24;12-10-6-14-7-11(16-10)15-5-8-1-3-9(13)4-2-8/h1-8,10-12H,9H2,(H,21,23);1-4,6-7H,5H2,(H,15,16). The molecule has 6 rings (SSSR count). The number of nitrogens with one attached hydrogen (secondary N) is 2. The average molecular weight is 557 g/mol. The minimum atomic E-state index is -0.244. The van der Waals surface area contributed by atoms with Crippen LogP contribution in [-0.2, 0) is 13.1 Å². The largest absolute Gasteiger partial charge is 0.365 e. The van der Waals surface area contributed by atoms with Crippen molar-refractivity contribution in [2.45, 2.75) is 13.1 Å². The Kier molecular flexibility index (Phi) is 8.47. The topological polar surface area (TPSA) is 93.4 Å². The fourth-order valence-electron chi connectivity index (χ4n) is 3.72. The predicted octanol–water partition coefficient (Wildman–Crippen LogP) is 6.45. The Morgan fingerprint density at radius 2 is 1.25 bits per heavy atom. The first-order chi connectivity index (χ1) is 19.5. The molecule has 3 aromatic heterocycles. The number of fused-ring (bicyclic) bond motifs is 1. The number of halogens is 3. The average Bonchev–Trinajstić information content (AvgIpc) is 3.42. The normalized spacial score (nSPS) is 10.6. The van der Waals surface area contributed by atoms with Crippen molar-refractivity contribution in [2.75, 3.05) is 10.6 Å². The van der Waals surface area contributed by atoms with E-state index in [2.05, 4.69) is 35.6 Å². The summed E-state index contributed by atoms with van der Waals surface area (Å²) in [6, 6.07) is 20.5. The predicted molar refractivity (Wildman–Crippen MR) is 151 cm³/mol. The van der Waals surface area contributed by atoms with Crippen LogP contribution < -0.4 is 10.6 Å². The van der Waals surface area contributed by atoms with E-state index in [1.54, 1.807) is 49.2 Å². The zero-order chi connectivity index (χ0) is 27.7. The molecule has 0 aliphatic heterocycles. The van der Waals surface area contributed by atoms with E-state index in [0.29, 0.717) is 35.7 Å². The number of hydrogen-bond acceptors (Lipinski definition) is 7. The van der Waals surface area contributed by atoms with E-state index in [-0.39, 0.29) is 11.6 Å². The van der Waals surface area contributed by atoms with E-state index in [4.69, 9.17) is 11.6 Å². The molecule has 11 heteroatoms. The van der Waals surface area contributed by atoms with Crippen LogP contribution in [0.1, 0.15) is 11.1 Å². The van der Waals surface area contributed by atoms with Crippen LogP contribution in [0, 0.1) is 11.6 Å². The molecule has 0 fully saturated rings. The van der Waals surface area contributed by atoms with Crippen LogP contribution in [0.25, 0.3) is 16.9 Å². The molecule has 3 heterocycles. The molecule has 3 aromatic carbocycles. The third-order valence-electron chi connectivity index (χ3n) is 5.70. The van der Waals surface area contributed by atoms with Crippen LogP contribution in [0.15, 0.2) is 104 Å². The van der Waals surface area contributed by atoms with Gasteiger partial charge in [0.2, 0.25) is 0 Å². The molecule has 0 atom stereocenters. The second-order valence-corrected chi connectivity index (χ2v) is 8.94. The Bertz CT molecular complexity index is 1690. The van der Waals surface area contributed by atoms with Gasteiger partial charge < -0.3 is 10.6 Å². The Balaban J connectivity index is 0.000000176. The monoisotopic (exact) mass is 556 g/mol. The van der Waals surface area contributed by atoms with Crippen molar-refractivity contribution in [3.8, 4) is 5.82 Å². The fourth-order valence-corrected chi connectivity index (χ4v) is 3.86. The number of para-hydroxylation sites is 2. The molecule has 0 saturated heterocycles. The summed E-state index contributed by atoms with van der Waals surface area (Å²) >= 11 is 5.68. The van der Waals surface area contributed by atoms with Gasteiger partial charge in [-0.2, -0.15) is 0 Å². The van der Waals surface area contributed by atoms with E-state index in [0.717, 1.165) is 22.2 Å². The summed E-state index contributed by atoms with van der Waals surface area (Å²) in [5.74, 6) is 1.44. The minimum Gasteiger partial charge on any atom is -0.365 e. The van der Waals surface area contributed by atoms with Gasteiger partial charge in [-0.3, -0.25) is 14.5 Å². The highest BCUT2D eigenvalue weighted by atomic mass is 35.5. The number of aromatic nitrogens is 6. The molecule has 0 radical (unpaired) electrons. The number of hydrogen-bond donors (Lipinski definition) is 2. The van der Waals surface area contributed by atoms with Crippen LogP contribution in [0.2, 0.25) is 5.15 Å². The van der Waals surface area contributed by atoms with Gasteiger partial charge in [0, 0.05) is 13.1 Å². The smallest absolute Gasteiger partial charge is 0.159 e. The lowest BCUT2D eigenvalue weighted by atomic mass is 10.2. The molecular formula is C29H23ClF2N8. The molecule has 0 unspecified atom stereocenters. The zero-order valence-corrected chi connectivity index (χ0v) is 21.8. The van der Waals surface area contributed by atoms with E-state index < -0.39 is 0 Å². The Morgan fingerprint density at radius 3 is 1.88 bits per heavy atom. The van der Waals surface area contributed by atoms with Crippen molar-refractivity contribution in [1.82, 2.24) is 29.5 Å². The van der Waals surface area contributed by atoms with Crippen molar-refractivity contribution >= 4 is 34.3 Å². The van der Waals surface area contributed by atoms with Gasteiger partial charge in [-0.1, -0.05) is 48.0 Å². The summed E-state index contributed by atoms with van der Waals surface area (Å²) in [6.45, 7) is 1.10. The van der Waals surface area contributed by atoms with Crippen LogP contribution in [0.3, 0.4) is 0 Å².